The van der Waals surface area contributed by atoms with Crippen molar-refractivity contribution in [3.63, 3.8) is 0 Å². The van der Waals surface area contributed by atoms with E-state index < -0.39 is 0 Å². The van der Waals surface area contributed by atoms with Gasteiger partial charge >= 0.3 is 0 Å². The normalized spacial score (nSPS) is 12.2. The van der Waals surface area contributed by atoms with Gasteiger partial charge in [0.05, 0.1) is 17.6 Å². The van der Waals surface area contributed by atoms with E-state index >= 15 is 0 Å². The van der Waals surface area contributed by atoms with Crippen molar-refractivity contribution in [2.45, 2.75) is 33.1 Å². The summed E-state index contributed by atoms with van der Waals surface area (Å²) in [6.45, 7) is 6.12. The van der Waals surface area contributed by atoms with Crippen LogP contribution in [0.25, 0.3) is 0 Å². The zero-order valence-corrected chi connectivity index (χ0v) is 8.20. The van der Waals surface area contributed by atoms with Gasteiger partial charge in [0.25, 0.3) is 0 Å². The van der Waals surface area contributed by atoms with Crippen molar-refractivity contribution in [1.29, 1.82) is 5.26 Å². The van der Waals surface area contributed by atoms with Crippen LogP contribution in [0.3, 0.4) is 0 Å². The summed E-state index contributed by atoms with van der Waals surface area (Å²) in [5.41, 5.74) is 2.27. The monoisotopic (exact) mass is 175 g/mol. The van der Waals surface area contributed by atoms with Gasteiger partial charge in [-0.25, -0.2) is 4.98 Å². The van der Waals surface area contributed by atoms with Gasteiger partial charge in [0.2, 0.25) is 0 Å². The SMILES string of the molecule is CCC(C)c1nc(C#N)cnc1C. The van der Waals surface area contributed by atoms with Crippen LogP contribution in [0, 0.1) is 18.3 Å². The molecule has 3 heteroatoms. The smallest absolute Gasteiger partial charge is 0.159 e. The molecule has 13 heavy (non-hydrogen) atoms. The Bertz CT molecular complexity index is 339. The second kappa shape index (κ2) is 3.99. The van der Waals surface area contributed by atoms with Gasteiger partial charge < -0.3 is 0 Å². The first-order chi connectivity index (χ1) is 6.19. The summed E-state index contributed by atoms with van der Waals surface area (Å²) in [5, 5.41) is 8.65. The van der Waals surface area contributed by atoms with E-state index in [1.807, 2.05) is 13.0 Å². The summed E-state index contributed by atoms with van der Waals surface area (Å²) in [7, 11) is 0. The molecular formula is C10H13N3. The molecule has 1 heterocycles. The van der Waals surface area contributed by atoms with E-state index in [4.69, 9.17) is 5.26 Å². The number of hydrogen-bond donors (Lipinski definition) is 0. The van der Waals surface area contributed by atoms with Crippen LogP contribution >= 0.6 is 0 Å². The van der Waals surface area contributed by atoms with E-state index in [0.717, 1.165) is 17.8 Å². The number of hydrogen-bond acceptors (Lipinski definition) is 3. The minimum Gasteiger partial charge on any atom is -0.257 e. The second-order valence-corrected chi connectivity index (χ2v) is 3.15. The van der Waals surface area contributed by atoms with Crippen molar-refractivity contribution < 1.29 is 0 Å². The Kier molecular flexibility index (Phi) is 2.97. The molecule has 0 radical (unpaired) electrons. The first-order valence-electron chi connectivity index (χ1n) is 4.42. The van der Waals surface area contributed by atoms with Gasteiger partial charge in [-0.3, -0.25) is 4.98 Å². The van der Waals surface area contributed by atoms with Crippen LogP contribution in [0.2, 0.25) is 0 Å². The maximum Gasteiger partial charge on any atom is 0.159 e. The van der Waals surface area contributed by atoms with Crippen molar-refractivity contribution in [1.82, 2.24) is 9.97 Å². The fraction of sp³-hybridized carbons (Fsp3) is 0.500. The zero-order valence-electron chi connectivity index (χ0n) is 8.20. The topological polar surface area (TPSA) is 49.6 Å². The summed E-state index contributed by atoms with van der Waals surface area (Å²) >= 11 is 0. The zero-order chi connectivity index (χ0) is 9.84. The minimum atomic E-state index is 0.376. The highest BCUT2D eigenvalue weighted by atomic mass is 14.8. The molecule has 0 bridgehead atoms. The predicted octanol–water partition coefficient (Wildman–Crippen LogP) is 2.17. The summed E-state index contributed by atoms with van der Waals surface area (Å²) < 4.78 is 0. The fourth-order valence-corrected chi connectivity index (χ4v) is 1.18. The Morgan fingerprint density at radius 3 is 2.85 bits per heavy atom. The van der Waals surface area contributed by atoms with Gasteiger partial charge in [0, 0.05) is 0 Å². The van der Waals surface area contributed by atoms with Crippen LogP contribution in [-0.4, -0.2) is 9.97 Å². The van der Waals surface area contributed by atoms with Crippen molar-refractivity contribution in [3.05, 3.63) is 23.3 Å². The van der Waals surface area contributed by atoms with Gasteiger partial charge in [-0.15, -0.1) is 0 Å². The Morgan fingerprint density at radius 2 is 2.31 bits per heavy atom. The van der Waals surface area contributed by atoms with Crippen molar-refractivity contribution >= 4 is 0 Å². The molecule has 0 N–H and O–H groups in total. The van der Waals surface area contributed by atoms with Crippen LogP contribution in [0.15, 0.2) is 6.20 Å². The van der Waals surface area contributed by atoms with Crippen LogP contribution in [0.4, 0.5) is 0 Å². The standard InChI is InChI=1S/C10H13N3/c1-4-7(2)10-8(3)12-6-9(5-11)13-10/h6-7H,4H2,1-3H3. The summed E-state index contributed by atoms with van der Waals surface area (Å²) in [6.07, 6.45) is 2.53. The van der Waals surface area contributed by atoms with Gasteiger partial charge in [0.1, 0.15) is 6.07 Å². The number of aromatic nitrogens is 2. The highest BCUT2D eigenvalue weighted by molar-refractivity contribution is 5.23. The third kappa shape index (κ3) is 2.03. The summed E-state index contributed by atoms with van der Waals surface area (Å²) in [5.74, 6) is 0.376. The third-order valence-corrected chi connectivity index (χ3v) is 2.19. The largest absolute Gasteiger partial charge is 0.257 e. The molecule has 0 saturated carbocycles. The molecule has 0 aliphatic rings. The van der Waals surface area contributed by atoms with Crippen LogP contribution in [-0.2, 0) is 0 Å². The van der Waals surface area contributed by atoms with Gasteiger partial charge in [-0.05, 0) is 19.3 Å². The predicted molar refractivity (Wildman–Crippen MR) is 50.2 cm³/mol. The molecule has 0 amide bonds. The van der Waals surface area contributed by atoms with E-state index in [-0.39, 0.29) is 0 Å². The number of nitriles is 1. The first kappa shape index (κ1) is 9.66. The Hall–Kier alpha value is -1.43. The molecule has 0 saturated heterocycles. The third-order valence-electron chi connectivity index (χ3n) is 2.19. The minimum absolute atomic E-state index is 0.376. The van der Waals surface area contributed by atoms with E-state index in [1.165, 1.54) is 6.20 Å². The summed E-state index contributed by atoms with van der Waals surface area (Å²) in [4.78, 5) is 8.37. The molecule has 0 aliphatic heterocycles. The lowest BCUT2D eigenvalue weighted by Crippen LogP contribution is -2.03. The number of rotatable bonds is 2. The quantitative estimate of drug-likeness (QED) is 0.692. The lowest BCUT2D eigenvalue weighted by atomic mass is 10.0. The van der Waals surface area contributed by atoms with Gasteiger partial charge in [0.15, 0.2) is 5.69 Å². The molecule has 3 nitrogen and oxygen atoms in total. The molecule has 0 aromatic carbocycles. The van der Waals surface area contributed by atoms with E-state index in [9.17, 15) is 0 Å². The molecule has 1 aromatic heterocycles. The molecule has 0 fully saturated rings. The van der Waals surface area contributed by atoms with Gasteiger partial charge in [-0.2, -0.15) is 5.26 Å². The average molecular weight is 175 g/mol. The second-order valence-electron chi connectivity index (χ2n) is 3.15. The average Bonchev–Trinajstić information content (AvgIpc) is 2.17. The van der Waals surface area contributed by atoms with Crippen LogP contribution in [0.1, 0.15) is 43.3 Å². The molecule has 1 unspecified atom stereocenters. The molecule has 0 aliphatic carbocycles. The van der Waals surface area contributed by atoms with Crippen molar-refractivity contribution in [3.8, 4) is 6.07 Å². The van der Waals surface area contributed by atoms with Gasteiger partial charge in [-0.1, -0.05) is 13.8 Å². The molecule has 0 spiro atoms. The fourth-order valence-electron chi connectivity index (χ4n) is 1.18. The van der Waals surface area contributed by atoms with E-state index in [1.54, 1.807) is 0 Å². The van der Waals surface area contributed by atoms with Crippen molar-refractivity contribution in [2.24, 2.45) is 0 Å². The van der Waals surface area contributed by atoms with E-state index in [2.05, 4.69) is 23.8 Å². The molecule has 68 valence electrons. The number of nitrogens with zero attached hydrogens (tertiary/aromatic N) is 3. The molecular weight excluding hydrogens is 162 g/mol. The highest BCUT2D eigenvalue weighted by Crippen LogP contribution is 2.18. The molecule has 1 aromatic rings. The lowest BCUT2D eigenvalue weighted by Gasteiger charge is -2.09. The Morgan fingerprint density at radius 1 is 1.62 bits per heavy atom. The van der Waals surface area contributed by atoms with E-state index in [0.29, 0.717) is 11.6 Å². The molecule has 1 atom stereocenters. The van der Waals surface area contributed by atoms with Crippen LogP contribution < -0.4 is 0 Å². The maximum atomic E-state index is 8.65. The first-order valence-corrected chi connectivity index (χ1v) is 4.42. The van der Waals surface area contributed by atoms with Crippen molar-refractivity contribution in [2.75, 3.05) is 0 Å². The Labute approximate surface area is 78.5 Å². The van der Waals surface area contributed by atoms with Crippen LogP contribution in [0.5, 0.6) is 0 Å². The Balaban J connectivity index is 3.12. The molecule has 1 rings (SSSR count). The summed E-state index contributed by atoms with van der Waals surface area (Å²) in [6, 6.07) is 2.00. The number of aryl methyl sites for hydroxylation is 1. The lowest BCUT2D eigenvalue weighted by molar-refractivity contribution is 0.692. The highest BCUT2D eigenvalue weighted by Gasteiger charge is 2.09. The maximum absolute atomic E-state index is 8.65.